The molecule has 2 unspecified atom stereocenters. The number of nitrogens with two attached hydrogens (primary N) is 1. The van der Waals surface area contributed by atoms with Gasteiger partial charge in [-0.3, -0.25) is 4.79 Å². The van der Waals surface area contributed by atoms with Gasteiger partial charge in [0.15, 0.2) is 0 Å². The van der Waals surface area contributed by atoms with E-state index in [0.717, 1.165) is 44.1 Å². The van der Waals surface area contributed by atoms with Crippen LogP contribution in [0.4, 0.5) is 4.39 Å². The van der Waals surface area contributed by atoms with Crippen molar-refractivity contribution in [2.45, 2.75) is 57.2 Å². The molecule has 0 saturated heterocycles. The molecule has 0 spiro atoms. The lowest BCUT2D eigenvalue weighted by molar-refractivity contribution is -0.138. The zero-order valence-corrected chi connectivity index (χ0v) is 12.3. The van der Waals surface area contributed by atoms with Crippen LogP contribution in [0.15, 0.2) is 24.3 Å². The molecule has 0 radical (unpaired) electrons. The molecule has 3 nitrogen and oxygen atoms in total. The Morgan fingerprint density at radius 3 is 2.43 bits per heavy atom. The van der Waals surface area contributed by atoms with Crippen LogP contribution in [0.5, 0.6) is 0 Å². The minimum atomic E-state index is -0.239. The van der Waals surface area contributed by atoms with Gasteiger partial charge >= 0.3 is 0 Å². The molecule has 1 aromatic carbocycles. The Bertz CT molecular complexity index is 498. The molecular weight excluding hydrogens is 267 g/mol. The summed E-state index contributed by atoms with van der Waals surface area (Å²) in [5.41, 5.74) is 7.14. The van der Waals surface area contributed by atoms with Crippen LogP contribution in [0.25, 0.3) is 0 Å². The second-order valence-corrected chi connectivity index (χ2v) is 6.38. The number of amides is 1. The van der Waals surface area contributed by atoms with E-state index in [1.807, 2.05) is 4.90 Å². The number of hydrogen-bond acceptors (Lipinski definition) is 2. The maximum absolute atomic E-state index is 13.0. The summed E-state index contributed by atoms with van der Waals surface area (Å²) in [6.45, 7) is 0.576. The molecule has 2 saturated carbocycles. The molecule has 2 aliphatic rings. The molecule has 4 heteroatoms. The maximum atomic E-state index is 13.0. The molecule has 2 N–H and O–H groups in total. The Balaban J connectivity index is 1.71. The van der Waals surface area contributed by atoms with E-state index < -0.39 is 0 Å². The lowest BCUT2D eigenvalue weighted by Gasteiger charge is -2.33. The van der Waals surface area contributed by atoms with E-state index in [1.54, 1.807) is 12.1 Å². The fourth-order valence-electron chi connectivity index (χ4n) is 3.24. The largest absolute Gasteiger partial charge is 0.335 e. The van der Waals surface area contributed by atoms with E-state index in [-0.39, 0.29) is 23.7 Å². The third kappa shape index (κ3) is 3.43. The van der Waals surface area contributed by atoms with Gasteiger partial charge in [-0.05, 0) is 43.4 Å². The second-order valence-electron chi connectivity index (χ2n) is 6.38. The van der Waals surface area contributed by atoms with Crippen molar-refractivity contribution < 1.29 is 9.18 Å². The number of halogens is 1. The summed E-state index contributed by atoms with van der Waals surface area (Å²) in [7, 11) is 0. The Morgan fingerprint density at radius 1 is 1.14 bits per heavy atom. The number of nitrogens with zero attached hydrogens (tertiary/aromatic N) is 1. The minimum absolute atomic E-state index is 0.000665. The molecule has 2 atom stereocenters. The van der Waals surface area contributed by atoms with Crippen LogP contribution in [0.3, 0.4) is 0 Å². The summed E-state index contributed by atoms with van der Waals surface area (Å²) in [5.74, 6) is -0.0637. The van der Waals surface area contributed by atoms with E-state index in [2.05, 4.69) is 0 Å². The van der Waals surface area contributed by atoms with E-state index in [1.165, 1.54) is 12.1 Å². The number of hydrogen-bond donors (Lipinski definition) is 1. The predicted molar refractivity (Wildman–Crippen MR) is 79.9 cm³/mol. The van der Waals surface area contributed by atoms with Gasteiger partial charge in [-0.2, -0.15) is 0 Å². The van der Waals surface area contributed by atoms with Gasteiger partial charge in [-0.25, -0.2) is 4.39 Å². The lowest BCUT2D eigenvalue weighted by atomic mass is 9.84. The average molecular weight is 290 g/mol. The summed E-state index contributed by atoms with van der Waals surface area (Å²) < 4.78 is 13.0. The van der Waals surface area contributed by atoms with Crippen LogP contribution >= 0.6 is 0 Å². The number of benzene rings is 1. The van der Waals surface area contributed by atoms with E-state index in [9.17, 15) is 9.18 Å². The molecule has 1 aromatic rings. The molecule has 0 aliphatic heterocycles. The average Bonchev–Trinajstić information content (AvgIpc) is 3.31. The third-order valence-electron chi connectivity index (χ3n) is 4.67. The highest BCUT2D eigenvalue weighted by Crippen LogP contribution is 2.33. The summed E-state index contributed by atoms with van der Waals surface area (Å²) >= 11 is 0. The van der Waals surface area contributed by atoms with Crippen LogP contribution in [-0.4, -0.2) is 22.9 Å². The predicted octanol–water partition coefficient (Wildman–Crippen LogP) is 2.83. The lowest BCUT2D eigenvalue weighted by Crippen LogP contribution is -2.46. The highest BCUT2D eigenvalue weighted by Gasteiger charge is 2.38. The van der Waals surface area contributed by atoms with Gasteiger partial charge < -0.3 is 10.6 Å². The Hall–Kier alpha value is -1.42. The Morgan fingerprint density at radius 2 is 1.81 bits per heavy atom. The van der Waals surface area contributed by atoms with Gasteiger partial charge in [0.1, 0.15) is 5.82 Å². The SMILES string of the molecule is NC1CCCCC1C(=O)N(Cc1ccc(F)cc1)C1CC1. The van der Waals surface area contributed by atoms with Crippen molar-refractivity contribution in [3.05, 3.63) is 35.6 Å². The maximum Gasteiger partial charge on any atom is 0.227 e. The van der Waals surface area contributed by atoms with Crippen LogP contribution in [0, 0.1) is 11.7 Å². The van der Waals surface area contributed by atoms with E-state index in [4.69, 9.17) is 5.73 Å². The summed E-state index contributed by atoms with van der Waals surface area (Å²) in [6, 6.07) is 6.80. The standard InChI is InChI=1S/C17H23FN2O/c18-13-7-5-12(6-8-13)11-20(14-9-10-14)17(21)15-3-1-2-4-16(15)19/h5-8,14-16H,1-4,9-11,19H2. The Labute approximate surface area is 125 Å². The summed E-state index contributed by atoms with van der Waals surface area (Å²) in [6.07, 6.45) is 6.24. The molecule has 0 heterocycles. The number of rotatable bonds is 4. The normalized spacial score (nSPS) is 25.6. The third-order valence-corrected chi connectivity index (χ3v) is 4.67. The fourth-order valence-corrected chi connectivity index (χ4v) is 3.24. The van der Waals surface area contributed by atoms with Crippen LogP contribution in [-0.2, 0) is 11.3 Å². The fraction of sp³-hybridized carbons (Fsp3) is 0.588. The number of carbonyl (C=O) groups is 1. The highest BCUT2D eigenvalue weighted by molar-refractivity contribution is 5.80. The monoisotopic (exact) mass is 290 g/mol. The minimum Gasteiger partial charge on any atom is -0.335 e. The van der Waals surface area contributed by atoms with Crippen molar-refractivity contribution in [3.8, 4) is 0 Å². The van der Waals surface area contributed by atoms with Gasteiger partial charge in [-0.1, -0.05) is 25.0 Å². The molecule has 2 aliphatic carbocycles. The zero-order valence-electron chi connectivity index (χ0n) is 12.3. The van der Waals surface area contributed by atoms with Crippen molar-refractivity contribution >= 4 is 5.91 Å². The van der Waals surface area contributed by atoms with Crippen molar-refractivity contribution in [2.24, 2.45) is 11.7 Å². The van der Waals surface area contributed by atoms with E-state index >= 15 is 0 Å². The molecule has 0 aromatic heterocycles. The van der Waals surface area contributed by atoms with Gasteiger partial charge in [0.2, 0.25) is 5.91 Å². The second kappa shape index (κ2) is 6.14. The first kappa shape index (κ1) is 14.5. The molecule has 0 bridgehead atoms. The first-order chi connectivity index (χ1) is 10.1. The zero-order chi connectivity index (χ0) is 14.8. The van der Waals surface area contributed by atoms with Gasteiger partial charge in [0.05, 0.1) is 5.92 Å². The number of carbonyl (C=O) groups excluding carboxylic acids is 1. The summed E-state index contributed by atoms with van der Waals surface area (Å²) in [4.78, 5) is 14.8. The molecule has 114 valence electrons. The Kier molecular flexibility index (Phi) is 4.24. The molecule has 1 amide bonds. The van der Waals surface area contributed by atoms with Crippen molar-refractivity contribution in [2.75, 3.05) is 0 Å². The smallest absolute Gasteiger partial charge is 0.227 e. The molecular formula is C17H23FN2O. The van der Waals surface area contributed by atoms with Gasteiger partial charge in [0, 0.05) is 18.6 Å². The molecule has 21 heavy (non-hydrogen) atoms. The van der Waals surface area contributed by atoms with Crippen molar-refractivity contribution in [1.29, 1.82) is 0 Å². The first-order valence-electron chi connectivity index (χ1n) is 7.95. The van der Waals surface area contributed by atoms with Crippen molar-refractivity contribution in [1.82, 2.24) is 4.90 Å². The molecule has 2 fully saturated rings. The summed E-state index contributed by atoms with van der Waals surface area (Å²) in [5, 5.41) is 0. The molecule has 3 rings (SSSR count). The first-order valence-corrected chi connectivity index (χ1v) is 7.95. The highest BCUT2D eigenvalue weighted by atomic mass is 19.1. The quantitative estimate of drug-likeness (QED) is 0.927. The van der Waals surface area contributed by atoms with Crippen LogP contribution < -0.4 is 5.73 Å². The van der Waals surface area contributed by atoms with E-state index in [0.29, 0.717) is 12.6 Å². The van der Waals surface area contributed by atoms with Crippen LogP contribution in [0.1, 0.15) is 44.1 Å². The van der Waals surface area contributed by atoms with Gasteiger partial charge in [-0.15, -0.1) is 0 Å². The van der Waals surface area contributed by atoms with Gasteiger partial charge in [0.25, 0.3) is 0 Å². The van der Waals surface area contributed by atoms with Crippen LogP contribution in [0.2, 0.25) is 0 Å². The topological polar surface area (TPSA) is 46.3 Å². The van der Waals surface area contributed by atoms with Crippen molar-refractivity contribution in [3.63, 3.8) is 0 Å².